The Morgan fingerprint density at radius 2 is 2.00 bits per heavy atom. The van der Waals surface area contributed by atoms with Crippen LogP contribution >= 0.6 is 9.47 Å². The van der Waals surface area contributed by atoms with Gasteiger partial charge in [-0.05, 0) is 38.5 Å². The van der Waals surface area contributed by atoms with Gasteiger partial charge in [0.1, 0.15) is 23.5 Å². The van der Waals surface area contributed by atoms with Gasteiger partial charge < -0.3 is 18.8 Å². The topological polar surface area (TPSA) is 102 Å². The Kier molecular flexibility index (Phi) is 5.46. The second kappa shape index (κ2) is 7.53. The van der Waals surface area contributed by atoms with Crippen LogP contribution in [0.4, 0.5) is 4.79 Å². The van der Waals surface area contributed by atoms with Gasteiger partial charge in [0.2, 0.25) is 5.89 Å². The van der Waals surface area contributed by atoms with E-state index in [0.29, 0.717) is 11.5 Å². The summed E-state index contributed by atoms with van der Waals surface area (Å²) >= 11 is 0. The normalized spacial score (nSPS) is 22.2. The zero-order valence-electron chi connectivity index (χ0n) is 15.9. The van der Waals surface area contributed by atoms with Gasteiger partial charge in [0.05, 0.1) is 22.2 Å². The second-order valence-electron chi connectivity index (χ2n) is 7.71. The quantitative estimate of drug-likeness (QED) is 0.782. The molecular formula is C19H23N2O6P. The fourth-order valence-electron chi connectivity index (χ4n) is 3.19. The van der Waals surface area contributed by atoms with Crippen molar-refractivity contribution < 1.29 is 28.4 Å². The standard InChI is InChI=1S/C19H23N2O6P/c1-18(2,3)26-17(23)21-11-19(24,10-14(21)16(22)27-28)13-6-4-12(5-7-13)15-20-8-9-25-15/h4-9,14,24H,10-11,28H2,1-3H3/t14-,19-/m0/s1. The number of β-amino-alcohol motifs (C(OH)–C–C–N with tert-alkyl or cyclic N) is 1. The van der Waals surface area contributed by atoms with Crippen LogP contribution in [-0.4, -0.2) is 45.2 Å². The number of carbonyl (C=O) groups excluding carboxylic acids is 2. The van der Waals surface area contributed by atoms with E-state index in [1.54, 1.807) is 51.2 Å². The Balaban J connectivity index is 1.86. The highest BCUT2D eigenvalue weighted by Gasteiger charge is 2.50. The lowest BCUT2D eigenvalue weighted by Crippen LogP contribution is -2.44. The molecule has 1 aromatic carbocycles. The van der Waals surface area contributed by atoms with E-state index in [2.05, 4.69) is 4.98 Å². The second-order valence-corrected chi connectivity index (χ2v) is 7.95. The molecule has 1 aliphatic rings. The minimum atomic E-state index is -1.42. The molecular weight excluding hydrogens is 383 g/mol. The van der Waals surface area contributed by atoms with Crippen molar-refractivity contribution in [3.05, 3.63) is 42.3 Å². The number of aliphatic hydroxyl groups is 1. The first-order chi connectivity index (χ1) is 13.1. The number of rotatable bonds is 3. The highest BCUT2D eigenvalue weighted by Crippen LogP contribution is 2.38. The molecule has 0 bridgehead atoms. The number of carbonyl (C=O) groups is 2. The first kappa shape index (κ1) is 20.3. The monoisotopic (exact) mass is 406 g/mol. The molecule has 1 amide bonds. The Labute approximate surface area is 165 Å². The first-order valence-corrected chi connectivity index (χ1v) is 9.23. The van der Waals surface area contributed by atoms with E-state index >= 15 is 0 Å². The van der Waals surface area contributed by atoms with E-state index < -0.39 is 29.3 Å². The third kappa shape index (κ3) is 4.18. The smallest absolute Gasteiger partial charge is 0.411 e. The molecule has 0 aliphatic carbocycles. The molecule has 1 saturated heterocycles. The van der Waals surface area contributed by atoms with Crippen molar-refractivity contribution in [2.24, 2.45) is 0 Å². The maximum absolute atomic E-state index is 12.6. The first-order valence-electron chi connectivity index (χ1n) is 8.76. The molecule has 0 radical (unpaired) electrons. The lowest BCUT2D eigenvalue weighted by Gasteiger charge is -2.28. The molecule has 28 heavy (non-hydrogen) atoms. The van der Waals surface area contributed by atoms with E-state index in [1.165, 1.54) is 11.2 Å². The van der Waals surface area contributed by atoms with Gasteiger partial charge >= 0.3 is 12.1 Å². The van der Waals surface area contributed by atoms with E-state index in [9.17, 15) is 14.7 Å². The molecule has 150 valence electrons. The van der Waals surface area contributed by atoms with E-state index in [0.717, 1.165) is 5.56 Å². The fourth-order valence-corrected chi connectivity index (χ4v) is 3.34. The molecule has 9 heteroatoms. The number of likely N-dealkylation sites (tertiary alicyclic amines) is 1. The third-order valence-corrected chi connectivity index (χ3v) is 4.69. The summed E-state index contributed by atoms with van der Waals surface area (Å²) in [5, 5.41) is 11.2. The van der Waals surface area contributed by atoms with Crippen molar-refractivity contribution in [3.8, 4) is 11.5 Å². The highest BCUT2D eigenvalue weighted by molar-refractivity contribution is 7.10. The number of ether oxygens (including phenoxy) is 1. The van der Waals surface area contributed by atoms with Crippen molar-refractivity contribution in [2.45, 2.75) is 44.4 Å². The van der Waals surface area contributed by atoms with Crippen LogP contribution in [-0.2, 0) is 19.7 Å². The molecule has 1 N–H and O–H groups in total. The van der Waals surface area contributed by atoms with Crippen LogP contribution in [0.2, 0.25) is 0 Å². The zero-order valence-corrected chi connectivity index (χ0v) is 17.1. The lowest BCUT2D eigenvalue weighted by molar-refractivity contribution is -0.138. The van der Waals surface area contributed by atoms with Crippen molar-refractivity contribution in [3.63, 3.8) is 0 Å². The average Bonchev–Trinajstić information content (AvgIpc) is 3.28. The largest absolute Gasteiger partial charge is 0.450 e. The summed E-state index contributed by atoms with van der Waals surface area (Å²) in [5.41, 5.74) is -0.837. The van der Waals surface area contributed by atoms with Gasteiger partial charge in [-0.3, -0.25) is 4.90 Å². The van der Waals surface area contributed by atoms with Crippen molar-refractivity contribution in [1.29, 1.82) is 0 Å². The van der Waals surface area contributed by atoms with Gasteiger partial charge in [-0.25, -0.2) is 14.6 Å². The minimum Gasteiger partial charge on any atom is -0.450 e. The lowest BCUT2D eigenvalue weighted by atomic mass is 9.90. The van der Waals surface area contributed by atoms with Crippen LogP contribution in [0.1, 0.15) is 32.8 Å². The minimum absolute atomic E-state index is 0.00216. The Bertz CT molecular complexity index is 846. The summed E-state index contributed by atoms with van der Waals surface area (Å²) in [5.74, 6) is -0.173. The van der Waals surface area contributed by atoms with Gasteiger partial charge in [0.15, 0.2) is 0 Å². The van der Waals surface area contributed by atoms with Crippen molar-refractivity contribution in [2.75, 3.05) is 6.54 Å². The van der Waals surface area contributed by atoms with Gasteiger partial charge in [-0.1, -0.05) is 12.1 Å². The maximum Gasteiger partial charge on any atom is 0.411 e. The van der Waals surface area contributed by atoms with Gasteiger partial charge in [0, 0.05) is 12.0 Å². The third-order valence-electron chi connectivity index (χ3n) is 4.46. The van der Waals surface area contributed by atoms with Gasteiger partial charge in [0.25, 0.3) is 0 Å². The fraction of sp³-hybridized carbons (Fsp3) is 0.421. The molecule has 0 saturated carbocycles. The Morgan fingerprint density at radius 1 is 1.32 bits per heavy atom. The molecule has 8 nitrogen and oxygen atoms in total. The van der Waals surface area contributed by atoms with E-state index in [4.69, 9.17) is 13.7 Å². The van der Waals surface area contributed by atoms with Crippen LogP contribution in [0, 0.1) is 0 Å². The number of hydrogen-bond acceptors (Lipinski definition) is 7. The van der Waals surface area contributed by atoms with Gasteiger partial charge in [-0.15, -0.1) is 0 Å². The molecule has 0 spiro atoms. The van der Waals surface area contributed by atoms with Crippen molar-refractivity contribution in [1.82, 2.24) is 9.88 Å². The SMILES string of the molecule is CC(C)(C)OC(=O)N1C[C@](O)(c2ccc(-c3ncco3)cc2)C[C@H]1C(=O)OP. The Morgan fingerprint density at radius 3 is 2.54 bits per heavy atom. The molecule has 1 fully saturated rings. The van der Waals surface area contributed by atoms with Crippen molar-refractivity contribution >= 4 is 21.5 Å². The average molecular weight is 406 g/mol. The summed E-state index contributed by atoms with van der Waals surface area (Å²) in [4.78, 5) is 30.1. The van der Waals surface area contributed by atoms with Crippen LogP contribution in [0.15, 0.2) is 41.1 Å². The molecule has 1 aromatic heterocycles. The van der Waals surface area contributed by atoms with Crippen LogP contribution < -0.4 is 0 Å². The summed E-state index contributed by atoms with van der Waals surface area (Å²) in [6.45, 7) is 5.11. The highest BCUT2D eigenvalue weighted by atomic mass is 31.0. The predicted molar refractivity (Wildman–Crippen MR) is 103 cm³/mol. The molecule has 2 aromatic rings. The van der Waals surface area contributed by atoms with E-state index in [1.807, 2.05) is 9.47 Å². The molecule has 1 aliphatic heterocycles. The molecule has 2 heterocycles. The zero-order chi connectivity index (χ0) is 20.5. The molecule has 3 atom stereocenters. The predicted octanol–water partition coefficient (Wildman–Crippen LogP) is 2.87. The van der Waals surface area contributed by atoms with E-state index in [-0.39, 0.29) is 13.0 Å². The summed E-state index contributed by atoms with van der Waals surface area (Å²) in [6.07, 6.45) is 2.34. The molecule has 1 unspecified atom stereocenters. The maximum atomic E-state index is 12.6. The van der Waals surface area contributed by atoms with Gasteiger partial charge in [-0.2, -0.15) is 0 Å². The number of aromatic nitrogens is 1. The molecule has 3 rings (SSSR count). The summed E-state index contributed by atoms with van der Waals surface area (Å²) in [6, 6.07) is 6.02. The summed E-state index contributed by atoms with van der Waals surface area (Å²) in [7, 11) is 1.88. The van der Waals surface area contributed by atoms with Crippen LogP contribution in [0.5, 0.6) is 0 Å². The number of nitrogens with zero attached hydrogens (tertiary/aromatic N) is 2. The van der Waals surface area contributed by atoms with Crippen LogP contribution in [0.25, 0.3) is 11.5 Å². The number of oxazole rings is 1. The number of amides is 1. The summed E-state index contributed by atoms with van der Waals surface area (Å²) < 4.78 is 15.4. The number of benzene rings is 1. The number of hydrogen-bond donors (Lipinski definition) is 1. The van der Waals surface area contributed by atoms with Crippen LogP contribution in [0.3, 0.4) is 0 Å². The Hall–Kier alpha value is -2.44.